The molecule has 0 unspecified atom stereocenters. The lowest BCUT2D eigenvalue weighted by Crippen LogP contribution is -2.12. The van der Waals surface area contributed by atoms with Crippen LogP contribution in [0.4, 0.5) is 8.78 Å². The number of ether oxygens (including phenoxy) is 3. The third-order valence-electron chi connectivity index (χ3n) is 2.13. The average Bonchev–Trinajstić information content (AvgIpc) is 2.38. The van der Waals surface area contributed by atoms with Gasteiger partial charge >= 0.3 is 6.61 Å². The van der Waals surface area contributed by atoms with Crippen molar-refractivity contribution in [3.63, 3.8) is 0 Å². The van der Waals surface area contributed by atoms with Gasteiger partial charge in [-0.05, 0) is 12.1 Å². The predicted octanol–water partition coefficient (Wildman–Crippen LogP) is 1.78. The molecule has 0 radical (unpaired) electrons. The standard InChI is InChI=1S/C12H14F2N2O4/c1-7(17)16-15-6-8-4-9(18-2)11(20-12(13)14)10(5-8)19-3/h4-6,12H,1-3H3,(H,16,17)/b15-6-. The van der Waals surface area contributed by atoms with E-state index in [0.717, 1.165) is 0 Å². The second-order valence-corrected chi connectivity index (χ2v) is 3.56. The van der Waals surface area contributed by atoms with E-state index < -0.39 is 6.61 Å². The summed E-state index contributed by atoms with van der Waals surface area (Å²) in [6, 6.07) is 2.84. The highest BCUT2D eigenvalue weighted by atomic mass is 19.3. The van der Waals surface area contributed by atoms with E-state index in [1.807, 2.05) is 0 Å². The maximum Gasteiger partial charge on any atom is 0.387 e. The van der Waals surface area contributed by atoms with E-state index in [1.165, 1.54) is 39.5 Å². The van der Waals surface area contributed by atoms with Crippen LogP contribution in [0.25, 0.3) is 0 Å². The van der Waals surface area contributed by atoms with E-state index in [9.17, 15) is 13.6 Å². The molecule has 20 heavy (non-hydrogen) atoms. The van der Waals surface area contributed by atoms with Crippen molar-refractivity contribution in [3.8, 4) is 17.2 Å². The van der Waals surface area contributed by atoms with Crippen LogP contribution in [0.1, 0.15) is 12.5 Å². The Bertz CT molecular complexity index is 481. The summed E-state index contributed by atoms with van der Waals surface area (Å²) in [5, 5.41) is 3.66. The molecule has 0 aromatic heterocycles. The number of amides is 1. The number of halogens is 2. The Labute approximate surface area is 114 Å². The van der Waals surface area contributed by atoms with Crippen LogP contribution in [0.15, 0.2) is 17.2 Å². The lowest BCUT2D eigenvalue weighted by Gasteiger charge is -2.14. The number of benzene rings is 1. The first-order valence-electron chi connectivity index (χ1n) is 5.48. The summed E-state index contributed by atoms with van der Waals surface area (Å²) in [5.41, 5.74) is 2.69. The average molecular weight is 288 g/mol. The van der Waals surface area contributed by atoms with Crippen molar-refractivity contribution < 1.29 is 27.8 Å². The summed E-state index contributed by atoms with van der Waals surface area (Å²) in [6.45, 7) is -1.70. The van der Waals surface area contributed by atoms with Gasteiger partial charge < -0.3 is 14.2 Å². The molecule has 8 heteroatoms. The van der Waals surface area contributed by atoms with Crippen LogP contribution < -0.4 is 19.6 Å². The van der Waals surface area contributed by atoms with Gasteiger partial charge in [0.2, 0.25) is 11.7 Å². The topological polar surface area (TPSA) is 69.2 Å². The number of rotatable bonds is 6. The van der Waals surface area contributed by atoms with Crippen LogP contribution in [0.2, 0.25) is 0 Å². The van der Waals surface area contributed by atoms with E-state index >= 15 is 0 Å². The van der Waals surface area contributed by atoms with E-state index in [2.05, 4.69) is 15.3 Å². The van der Waals surface area contributed by atoms with Crippen LogP contribution in [0.3, 0.4) is 0 Å². The number of carbonyl (C=O) groups is 1. The number of hydrazone groups is 1. The van der Waals surface area contributed by atoms with Gasteiger partial charge in [-0.2, -0.15) is 13.9 Å². The van der Waals surface area contributed by atoms with Crippen molar-refractivity contribution in [2.75, 3.05) is 14.2 Å². The fourth-order valence-corrected chi connectivity index (χ4v) is 1.38. The third kappa shape index (κ3) is 4.38. The Kier molecular flexibility index (Phi) is 5.70. The van der Waals surface area contributed by atoms with Gasteiger partial charge in [0, 0.05) is 12.5 Å². The molecular weight excluding hydrogens is 274 g/mol. The fraction of sp³-hybridized carbons (Fsp3) is 0.333. The number of hydrogen-bond acceptors (Lipinski definition) is 5. The minimum atomic E-state index is -3.00. The first-order valence-corrected chi connectivity index (χ1v) is 5.48. The number of hydrogen-bond donors (Lipinski definition) is 1. The maximum absolute atomic E-state index is 12.3. The zero-order valence-electron chi connectivity index (χ0n) is 11.1. The van der Waals surface area contributed by atoms with Crippen LogP contribution >= 0.6 is 0 Å². The van der Waals surface area contributed by atoms with Gasteiger partial charge in [-0.1, -0.05) is 0 Å². The minimum absolute atomic E-state index is 0.0638. The van der Waals surface area contributed by atoms with Crippen LogP contribution in [0.5, 0.6) is 17.2 Å². The van der Waals surface area contributed by atoms with Gasteiger partial charge in [0.25, 0.3) is 0 Å². The molecule has 0 atom stereocenters. The molecule has 1 amide bonds. The Morgan fingerprint density at radius 2 is 1.85 bits per heavy atom. The second kappa shape index (κ2) is 7.27. The number of nitrogens with one attached hydrogen (secondary N) is 1. The van der Waals surface area contributed by atoms with Crippen molar-refractivity contribution in [3.05, 3.63) is 17.7 Å². The Morgan fingerprint density at radius 1 is 1.30 bits per heavy atom. The van der Waals surface area contributed by atoms with Crippen LogP contribution in [-0.4, -0.2) is 33.0 Å². The molecule has 0 aliphatic heterocycles. The quantitative estimate of drug-likeness (QED) is 0.640. The number of methoxy groups -OCH3 is 2. The van der Waals surface area contributed by atoms with E-state index in [1.54, 1.807) is 0 Å². The molecule has 0 aliphatic rings. The van der Waals surface area contributed by atoms with Crippen molar-refractivity contribution in [2.45, 2.75) is 13.5 Å². The van der Waals surface area contributed by atoms with Crippen LogP contribution in [0, 0.1) is 0 Å². The summed E-state index contributed by atoms with van der Waals surface area (Å²) in [7, 11) is 2.61. The molecule has 1 aromatic rings. The highest BCUT2D eigenvalue weighted by Crippen LogP contribution is 2.39. The molecule has 0 saturated carbocycles. The summed E-state index contributed by atoms with van der Waals surface area (Å²) < 4.78 is 39.0. The molecule has 6 nitrogen and oxygen atoms in total. The van der Waals surface area contributed by atoms with Crippen molar-refractivity contribution >= 4 is 12.1 Å². The molecule has 0 spiro atoms. The molecule has 1 aromatic carbocycles. The SMILES string of the molecule is COc1cc(/C=N\NC(C)=O)cc(OC)c1OC(F)F. The molecule has 110 valence electrons. The first-order chi connectivity index (χ1) is 9.47. The maximum atomic E-state index is 12.3. The highest BCUT2D eigenvalue weighted by molar-refractivity contribution is 5.83. The molecular formula is C12H14F2N2O4. The molecule has 0 heterocycles. The minimum Gasteiger partial charge on any atom is -0.493 e. The largest absolute Gasteiger partial charge is 0.493 e. The molecule has 0 saturated heterocycles. The monoisotopic (exact) mass is 288 g/mol. The number of alkyl halides is 2. The smallest absolute Gasteiger partial charge is 0.387 e. The lowest BCUT2D eigenvalue weighted by atomic mass is 10.2. The zero-order valence-corrected chi connectivity index (χ0v) is 11.1. The Morgan fingerprint density at radius 3 is 2.25 bits per heavy atom. The summed E-state index contributed by atoms with van der Waals surface area (Å²) in [6.07, 6.45) is 1.32. The second-order valence-electron chi connectivity index (χ2n) is 3.56. The van der Waals surface area contributed by atoms with Crippen LogP contribution in [-0.2, 0) is 4.79 Å². The molecule has 0 bridgehead atoms. The van der Waals surface area contributed by atoms with Gasteiger partial charge in [0.1, 0.15) is 0 Å². The molecule has 1 N–H and O–H groups in total. The summed E-state index contributed by atoms with van der Waals surface area (Å²) in [5.74, 6) is -0.414. The predicted molar refractivity (Wildman–Crippen MR) is 67.6 cm³/mol. The third-order valence-corrected chi connectivity index (χ3v) is 2.13. The Hall–Kier alpha value is -2.38. The first kappa shape index (κ1) is 15.7. The van der Waals surface area contributed by atoms with Gasteiger partial charge in [0.15, 0.2) is 11.5 Å². The molecule has 0 fully saturated rings. The zero-order chi connectivity index (χ0) is 15.1. The lowest BCUT2D eigenvalue weighted by molar-refractivity contribution is -0.118. The van der Waals surface area contributed by atoms with E-state index in [4.69, 9.17) is 9.47 Å². The highest BCUT2D eigenvalue weighted by Gasteiger charge is 2.17. The van der Waals surface area contributed by atoms with Crippen molar-refractivity contribution in [1.82, 2.24) is 5.43 Å². The van der Waals surface area contributed by atoms with Gasteiger partial charge in [-0.3, -0.25) is 4.79 Å². The summed E-state index contributed by atoms with van der Waals surface area (Å²) >= 11 is 0. The normalized spacial score (nSPS) is 10.7. The van der Waals surface area contributed by atoms with Crippen molar-refractivity contribution in [1.29, 1.82) is 0 Å². The van der Waals surface area contributed by atoms with Gasteiger partial charge in [-0.15, -0.1) is 0 Å². The van der Waals surface area contributed by atoms with E-state index in [-0.39, 0.29) is 23.2 Å². The van der Waals surface area contributed by atoms with Gasteiger partial charge in [-0.25, -0.2) is 5.43 Å². The molecule has 0 aliphatic carbocycles. The number of nitrogens with zero attached hydrogens (tertiary/aromatic N) is 1. The number of carbonyl (C=O) groups excluding carboxylic acids is 1. The fourth-order valence-electron chi connectivity index (χ4n) is 1.38. The van der Waals surface area contributed by atoms with Gasteiger partial charge in [0.05, 0.1) is 20.4 Å². The molecule has 1 rings (SSSR count). The van der Waals surface area contributed by atoms with Crippen molar-refractivity contribution in [2.24, 2.45) is 5.10 Å². The van der Waals surface area contributed by atoms with E-state index in [0.29, 0.717) is 5.56 Å². The Balaban J connectivity index is 3.11. The summed E-state index contributed by atoms with van der Waals surface area (Å²) in [4.78, 5) is 10.7.